The molecule has 0 radical (unpaired) electrons. The number of carbonyl (C=O) groups is 2. The summed E-state index contributed by atoms with van der Waals surface area (Å²) < 4.78 is 10.4. The molecule has 3 rings (SSSR count). The van der Waals surface area contributed by atoms with Crippen molar-refractivity contribution in [2.45, 2.75) is 23.9 Å². The van der Waals surface area contributed by atoms with Crippen LogP contribution in [-0.4, -0.2) is 57.8 Å². The molecule has 1 aliphatic rings. The van der Waals surface area contributed by atoms with Crippen LogP contribution < -0.4 is 0 Å². The van der Waals surface area contributed by atoms with Gasteiger partial charge in [-0.25, -0.2) is 9.59 Å². The Morgan fingerprint density at radius 3 is 2.00 bits per heavy atom. The summed E-state index contributed by atoms with van der Waals surface area (Å²) in [6.07, 6.45) is -2.17. The second-order valence-corrected chi connectivity index (χ2v) is 6.47. The van der Waals surface area contributed by atoms with E-state index in [1.807, 2.05) is 0 Å². The molecule has 0 amide bonds. The standard InChI is InChI=1S/C21H20O7/c22-16-11-12-21(26,13-27-19(24)14-7-3-1-4-8-14)18(17(16)23)28-20(25)15-9-5-2-6-10-15/h1-12,16-18,22-23,26H,13H2/t16-,17+,18-,21+/m1/s1. The molecule has 0 fully saturated rings. The van der Waals surface area contributed by atoms with Crippen molar-refractivity contribution in [3.8, 4) is 0 Å². The number of hydrogen-bond donors (Lipinski definition) is 3. The van der Waals surface area contributed by atoms with Crippen LogP contribution in [0.15, 0.2) is 72.8 Å². The van der Waals surface area contributed by atoms with Gasteiger partial charge in [0.05, 0.1) is 11.1 Å². The lowest BCUT2D eigenvalue weighted by molar-refractivity contribution is -0.152. The summed E-state index contributed by atoms with van der Waals surface area (Å²) >= 11 is 0. The van der Waals surface area contributed by atoms with Gasteiger partial charge in [0.1, 0.15) is 18.8 Å². The lowest BCUT2D eigenvalue weighted by atomic mass is 9.85. The summed E-state index contributed by atoms with van der Waals surface area (Å²) in [5.41, 5.74) is -1.51. The summed E-state index contributed by atoms with van der Waals surface area (Å²) in [5, 5.41) is 31.0. The lowest BCUT2D eigenvalue weighted by Crippen LogP contribution is -2.59. The molecular weight excluding hydrogens is 364 g/mol. The Labute approximate surface area is 161 Å². The molecule has 0 unspecified atom stereocenters. The van der Waals surface area contributed by atoms with Crippen LogP contribution in [0.2, 0.25) is 0 Å². The van der Waals surface area contributed by atoms with E-state index < -0.39 is 42.5 Å². The van der Waals surface area contributed by atoms with Crippen molar-refractivity contribution in [2.75, 3.05) is 6.61 Å². The number of aliphatic hydroxyl groups excluding tert-OH is 2. The smallest absolute Gasteiger partial charge is 0.338 e. The van der Waals surface area contributed by atoms with Gasteiger partial charge in [-0.1, -0.05) is 42.5 Å². The molecule has 7 nitrogen and oxygen atoms in total. The van der Waals surface area contributed by atoms with Crippen molar-refractivity contribution in [1.82, 2.24) is 0 Å². The van der Waals surface area contributed by atoms with Gasteiger partial charge in [0.15, 0.2) is 11.7 Å². The van der Waals surface area contributed by atoms with Crippen molar-refractivity contribution < 1.29 is 34.4 Å². The van der Waals surface area contributed by atoms with Gasteiger partial charge in [-0.3, -0.25) is 0 Å². The lowest BCUT2D eigenvalue weighted by Gasteiger charge is -2.39. The highest BCUT2D eigenvalue weighted by Crippen LogP contribution is 2.28. The van der Waals surface area contributed by atoms with Gasteiger partial charge in [-0.2, -0.15) is 0 Å². The van der Waals surface area contributed by atoms with Gasteiger partial charge < -0.3 is 24.8 Å². The number of carbonyl (C=O) groups excluding carboxylic acids is 2. The quantitative estimate of drug-likeness (QED) is 0.522. The first-order chi connectivity index (χ1) is 13.4. The monoisotopic (exact) mass is 384 g/mol. The summed E-state index contributed by atoms with van der Waals surface area (Å²) in [7, 11) is 0. The van der Waals surface area contributed by atoms with E-state index in [4.69, 9.17) is 9.47 Å². The van der Waals surface area contributed by atoms with Crippen LogP contribution in [0.1, 0.15) is 20.7 Å². The second kappa shape index (κ2) is 8.35. The molecule has 0 aliphatic heterocycles. The SMILES string of the molecule is O=C(OC[C@@]1(O)C=C[C@@H](O)[C@H](O)[C@H]1OC(=O)c1ccccc1)c1ccccc1. The van der Waals surface area contributed by atoms with Gasteiger partial charge >= 0.3 is 11.9 Å². The fourth-order valence-electron chi connectivity index (χ4n) is 2.85. The van der Waals surface area contributed by atoms with E-state index in [2.05, 4.69) is 0 Å². The number of esters is 2. The molecule has 0 saturated heterocycles. The molecule has 1 aliphatic carbocycles. The molecule has 2 aromatic rings. The first kappa shape index (κ1) is 19.8. The summed E-state index contributed by atoms with van der Waals surface area (Å²) in [6.45, 7) is -0.576. The van der Waals surface area contributed by atoms with Crippen LogP contribution >= 0.6 is 0 Å². The molecule has 2 aromatic carbocycles. The fraction of sp³-hybridized carbons (Fsp3) is 0.238. The Kier molecular flexibility index (Phi) is 5.89. The summed E-state index contributed by atoms with van der Waals surface area (Å²) in [6, 6.07) is 16.2. The van der Waals surface area contributed by atoms with E-state index >= 15 is 0 Å². The van der Waals surface area contributed by atoms with E-state index in [0.29, 0.717) is 0 Å². The highest BCUT2D eigenvalue weighted by atomic mass is 16.6. The van der Waals surface area contributed by atoms with Gasteiger partial charge in [0.25, 0.3) is 0 Å². The van der Waals surface area contributed by atoms with Crippen molar-refractivity contribution >= 4 is 11.9 Å². The minimum absolute atomic E-state index is 0.211. The van der Waals surface area contributed by atoms with Crippen LogP contribution in [0.25, 0.3) is 0 Å². The van der Waals surface area contributed by atoms with Crippen molar-refractivity contribution in [3.63, 3.8) is 0 Å². The third kappa shape index (κ3) is 4.28. The van der Waals surface area contributed by atoms with Gasteiger partial charge in [0, 0.05) is 0 Å². The summed E-state index contributed by atoms with van der Waals surface area (Å²) in [4.78, 5) is 24.5. The molecule has 7 heteroatoms. The van der Waals surface area contributed by atoms with E-state index in [0.717, 1.165) is 12.2 Å². The van der Waals surface area contributed by atoms with Gasteiger partial charge in [-0.15, -0.1) is 0 Å². The van der Waals surface area contributed by atoms with Crippen molar-refractivity contribution in [3.05, 3.63) is 83.9 Å². The third-order valence-corrected chi connectivity index (χ3v) is 4.42. The van der Waals surface area contributed by atoms with Crippen LogP contribution in [0.4, 0.5) is 0 Å². The number of hydrogen-bond acceptors (Lipinski definition) is 7. The van der Waals surface area contributed by atoms with Crippen LogP contribution in [0.5, 0.6) is 0 Å². The predicted molar refractivity (Wildman–Crippen MR) is 98.5 cm³/mol. The maximum absolute atomic E-state index is 12.4. The van der Waals surface area contributed by atoms with E-state index in [1.54, 1.807) is 48.5 Å². The average molecular weight is 384 g/mol. The summed E-state index contributed by atoms with van der Waals surface area (Å²) in [5.74, 6) is -1.48. The molecule has 0 bridgehead atoms. The molecule has 0 saturated carbocycles. The van der Waals surface area contributed by atoms with Gasteiger partial charge in [0.2, 0.25) is 0 Å². The predicted octanol–water partition coefficient (Wildman–Crippen LogP) is 1.09. The topological polar surface area (TPSA) is 113 Å². The molecule has 28 heavy (non-hydrogen) atoms. The minimum Gasteiger partial charge on any atom is -0.459 e. The number of ether oxygens (including phenoxy) is 2. The Morgan fingerprint density at radius 1 is 0.893 bits per heavy atom. The van der Waals surface area contributed by atoms with E-state index in [-0.39, 0.29) is 11.1 Å². The van der Waals surface area contributed by atoms with Crippen molar-refractivity contribution in [2.24, 2.45) is 0 Å². The molecule has 146 valence electrons. The maximum Gasteiger partial charge on any atom is 0.338 e. The minimum atomic E-state index is -2.01. The highest BCUT2D eigenvalue weighted by Gasteiger charge is 2.48. The maximum atomic E-state index is 12.4. The van der Waals surface area contributed by atoms with Gasteiger partial charge in [-0.05, 0) is 30.3 Å². The Hall–Kier alpha value is -3.00. The van der Waals surface area contributed by atoms with E-state index in [1.165, 1.54) is 12.1 Å². The average Bonchev–Trinajstić information content (AvgIpc) is 2.73. The zero-order valence-corrected chi connectivity index (χ0v) is 14.8. The van der Waals surface area contributed by atoms with Crippen LogP contribution in [0.3, 0.4) is 0 Å². The van der Waals surface area contributed by atoms with Crippen LogP contribution in [0, 0.1) is 0 Å². The number of rotatable bonds is 5. The van der Waals surface area contributed by atoms with Crippen LogP contribution in [-0.2, 0) is 9.47 Å². The Morgan fingerprint density at radius 2 is 1.43 bits per heavy atom. The zero-order chi connectivity index (χ0) is 20.1. The fourth-order valence-corrected chi connectivity index (χ4v) is 2.85. The molecule has 0 aromatic heterocycles. The molecular formula is C21H20O7. The zero-order valence-electron chi connectivity index (χ0n) is 14.8. The third-order valence-electron chi connectivity index (χ3n) is 4.42. The normalized spacial score (nSPS) is 26.5. The number of aliphatic hydroxyl groups is 3. The molecule has 4 atom stereocenters. The highest BCUT2D eigenvalue weighted by molar-refractivity contribution is 5.90. The molecule has 0 heterocycles. The Bertz CT molecular complexity index is 850. The second-order valence-electron chi connectivity index (χ2n) is 6.47. The van der Waals surface area contributed by atoms with E-state index in [9.17, 15) is 24.9 Å². The van der Waals surface area contributed by atoms with Crippen molar-refractivity contribution in [1.29, 1.82) is 0 Å². The first-order valence-corrected chi connectivity index (χ1v) is 8.67. The molecule has 3 N–H and O–H groups in total. The largest absolute Gasteiger partial charge is 0.459 e. The molecule has 0 spiro atoms. The Balaban J connectivity index is 1.76. The number of benzene rings is 2. The first-order valence-electron chi connectivity index (χ1n) is 8.67.